The van der Waals surface area contributed by atoms with Crippen LogP contribution in [-0.2, 0) is 111 Å². The van der Waals surface area contributed by atoms with Crippen molar-refractivity contribution in [1.29, 1.82) is 0 Å². The maximum Gasteiger partial charge on any atom is 0.397 e. The van der Waals surface area contributed by atoms with Crippen molar-refractivity contribution in [2.24, 2.45) is 0 Å². The van der Waals surface area contributed by atoms with Crippen molar-refractivity contribution in [1.82, 2.24) is 10.6 Å². The quantitative estimate of drug-likeness (QED) is 0.0504. The number of aliphatic hydroxyl groups is 6. The molecule has 0 saturated carbocycles. The molecule has 41 heteroatoms. The van der Waals surface area contributed by atoms with E-state index in [1.165, 1.54) is 0 Å². The average Bonchev–Trinajstić information content (AvgIpc) is 3.18. The number of ether oxygens (including phenoxy) is 7. The molecule has 2 amide bonds. The molecule has 4 rings (SSSR count). The maximum absolute atomic E-state index is 12.8. The Balaban J connectivity index is 1.81. The predicted octanol–water partition coefficient (Wildman–Crippen LogP) is -9.97. The number of carboxylic acids is 2. The SMILES string of the molecule is CC(=O)N[C@@H]1[C@@H](O[C@@H]2O[C@H](C(=O)O)[C@@H](O[C@@H]3O[C@H](COS(=O)(=O)O)[C@H](OS(=O)(=O)O)[C@H](O[C@@H]4O[C@H](C(=O)O)[C@H](O)[C@@H](O)[C@@H]4O)[C@H]3NC(C)=O)[C@H](O)[C@H]2O)[C@@H](OS(=O)(=O)O)[C@@H](COS(=O)(=O)O)O[C@H]1O. The highest BCUT2D eigenvalue weighted by molar-refractivity contribution is 7.81. The summed E-state index contributed by atoms with van der Waals surface area (Å²) in [5.74, 6) is -6.52. The predicted molar refractivity (Wildman–Crippen MR) is 200 cm³/mol. The molecular weight excluding hydrogens is 1050 g/mol. The van der Waals surface area contributed by atoms with Crippen LogP contribution >= 0.6 is 0 Å². The van der Waals surface area contributed by atoms with Crippen LogP contribution in [0.3, 0.4) is 0 Å². The molecular formula is C28H44N2O35S4. The van der Waals surface area contributed by atoms with Crippen LogP contribution in [0.1, 0.15) is 13.8 Å². The van der Waals surface area contributed by atoms with Crippen LogP contribution in [0.15, 0.2) is 0 Å². The van der Waals surface area contributed by atoms with E-state index in [0.717, 1.165) is 13.8 Å². The molecule has 37 nitrogen and oxygen atoms in total. The number of carbonyl (C=O) groups is 4. The van der Waals surface area contributed by atoms with E-state index in [1.807, 2.05) is 10.6 Å². The first kappa shape index (κ1) is 58.4. The molecule has 20 atom stereocenters. The Hall–Kier alpha value is -3.16. The molecule has 0 aromatic heterocycles. The number of hydrogen-bond donors (Lipinski definition) is 14. The lowest BCUT2D eigenvalue weighted by Gasteiger charge is -2.50. The highest BCUT2D eigenvalue weighted by Gasteiger charge is 2.59. The second-order valence-electron chi connectivity index (χ2n) is 14.7. The normalized spacial score (nSPS) is 39.2. The third-order valence-electron chi connectivity index (χ3n) is 9.75. The van der Waals surface area contributed by atoms with Crippen molar-refractivity contribution < 1.29 is 162 Å². The zero-order chi connectivity index (χ0) is 52.5. The van der Waals surface area contributed by atoms with E-state index in [9.17, 15) is 107 Å². The molecule has 0 bridgehead atoms. The second-order valence-corrected chi connectivity index (χ2v) is 19.0. The summed E-state index contributed by atoms with van der Waals surface area (Å²) < 4.78 is 187. The Kier molecular flexibility index (Phi) is 19.2. The number of rotatable bonds is 20. The Morgan fingerprint density at radius 1 is 0.464 bits per heavy atom. The van der Waals surface area contributed by atoms with Gasteiger partial charge in [0.25, 0.3) is 0 Å². The number of hydrogen-bond acceptors (Lipinski definition) is 29. The van der Waals surface area contributed by atoms with Crippen LogP contribution in [0, 0.1) is 0 Å². The van der Waals surface area contributed by atoms with Crippen LogP contribution in [0.2, 0.25) is 0 Å². The third kappa shape index (κ3) is 15.9. The van der Waals surface area contributed by atoms with Gasteiger partial charge in [0.15, 0.2) is 37.4 Å². The highest BCUT2D eigenvalue weighted by atomic mass is 32.3. The van der Waals surface area contributed by atoms with Gasteiger partial charge in [-0.15, -0.1) is 0 Å². The zero-order valence-corrected chi connectivity index (χ0v) is 37.6. The fourth-order valence-corrected chi connectivity index (χ4v) is 8.70. The summed E-state index contributed by atoms with van der Waals surface area (Å²) in [7, 11) is -22.5. The molecule has 0 aromatic carbocycles. The van der Waals surface area contributed by atoms with E-state index >= 15 is 0 Å². The Bertz CT molecular complexity index is 2300. The van der Waals surface area contributed by atoms with Crippen LogP contribution in [0.25, 0.3) is 0 Å². The van der Waals surface area contributed by atoms with Crippen LogP contribution in [0.4, 0.5) is 0 Å². The molecule has 0 aromatic rings. The minimum atomic E-state index is -5.83. The van der Waals surface area contributed by atoms with E-state index in [-0.39, 0.29) is 0 Å². The number of carboxylic acid groups (broad SMARTS) is 2. The van der Waals surface area contributed by atoms with Gasteiger partial charge in [-0.3, -0.25) is 27.8 Å². The second kappa shape index (κ2) is 22.7. The average molecular weight is 1100 g/mol. The van der Waals surface area contributed by atoms with Gasteiger partial charge in [0.1, 0.15) is 85.3 Å². The van der Waals surface area contributed by atoms with Crippen molar-refractivity contribution in [3.05, 3.63) is 0 Å². The van der Waals surface area contributed by atoms with Gasteiger partial charge in [-0.1, -0.05) is 0 Å². The third-order valence-corrected chi connectivity index (χ3v) is 11.6. The highest BCUT2D eigenvalue weighted by Crippen LogP contribution is 2.37. The van der Waals surface area contributed by atoms with E-state index in [0.29, 0.717) is 0 Å². The summed E-state index contributed by atoms with van der Waals surface area (Å²) in [6.45, 7) is -1.60. The van der Waals surface area contributed by atoms with Crippen molar-refractivity contribution in [3.8, 4) is 0 Å². The zero-order valence-electron chi connectivity index (χ0n) is 34.4. The van der Waals surface area contributed by atoms with Crippen LogP contribution in [-0.4, -0.2) is 252 Å². The van der Waals surface area contributed by atoms with Crippen molar-refractivity contribution in [2.75, 3.05) is 13.2 Å². The van der Waals surface area contributed by atoms with Crippen LogP contribution < -0.4 is 10.6 Å². The summed E-state index contributed by atoms with van der Waals surface area (Å²) in [6, 6.07) is -4.50. The fourth-order valence-electron chi connectivity index (χ4n) is 7.06. The minimum Gasteiger partial charge on any atom is -0.479 e. The van der Waals surface area contributed by atoms with Crippen molar-refractivity contribution in [3.63, 3.8) is 0 Å². The minimum absolute atomic E-state index is 0.719. The number of carbonyl (C=O) groups excluding carboxylic acids is 2. The Morgan fingerprint density at radius 2 is 0.855 bits per heavy atom. The molecule has 0 unspecified atom stereocenters. The van der Waals surface area contributed by atoms with Crippen molar-refractivity contribution >= 4 is 65.3 Å². The number of aliphatic carboxylic acids is 2. The first-order valence-electron chi connectivity index (χ1n) is 18.7. The van der Waals surface area contributed by atoms with Gasteiger partial charge in [0.05, 0.1) is 13.2 Å². The van der Waals surface area contributed by atoms with E-state index < -0.39 is 201 Å². The fraction of sp³-hybridized carbons (Fsp3) is 0.857. The van der Waals surface area contributed by atoms with E-state index in [2.05, 4.69) is 16.7 Å². The van der Waals surface area contributed by atoms with Gasteiger partial charge in [0.2, 0.25) is 11.8 Å². The monoisotopic (exact) mass is 1100 g/mol. The molecule has 0 spiro atoms. The summed E-state index contributed by atoms with van der Waals surface area (Å²) >= 11 is 0. The summed E-state index contributed by atoms with van der Waals surface area (Å²) in [5.41, 5.74) is 0. The molecule has 4 saturated heterocycles. The number of amides is 2. The molecule has 0 aliphatic carbocycles. The summed E-state index contributed by atoms with van der Waals surface area (Å²) in [4.78, 5) is 49.4. The number of nitrogens with one attached hydrogen (secondary N) is 2. The van der Waals surface area contributed by atoms with Gasteiger partial charge in [-0.2, -0.15) is 33.7 Å². The topological polar surface area (TPSA) is 573 Å². The molecule has 69 heavy (non-hydrogen) atoms. The molecule has 0 radical (unpaired) electrons. The molecule has 14 N–H and O–H groups in total. The van der Waals surface area contributed by atoms with E-state index in [4.69, 9.17) is 37.7 Å². The van der Waals surface area contributed by atoms with Crippen LogP contribution in [0.5, 0.6) is 0 Å². The van der Waals surface area contributed by atoms with Crippen molar-refractivity contribution in [2.45, 2.75) is 137 Å². The lowest BCUT2D eigenvalue weighted by Crippen LogP contribution is -2.71. The first-order valence-corrected chi connectivity index (χ1v) is 24.2. The first-order chi connectivity index (χ1) is 31.5. The Morgan fingerprint density at radius 3 is 1.28 bits per heavy atom. The molecule has 4 aliphatic rings. The molecule has 400 valence electrons. The maximum atomic E-state index is 12.8. The van der Waals surface area contributed by atoms with E-state index in [1.54, 1.807) is 0 Å². The van der Waals surface area contributed by atoms with Gasteiger partial charge in [0, 0.05) is 13.8 Å². The smallest absolute Gasteiger partial charge is 0.397 e. The molecule has 4 fully saturated rings. The summed E-state index contributed by atoms with van der Waals surface area (Å²) in [5, 5.41) is 88.6. The van der Waals surface area contributed by atoms with Gasteiger partial charge < -0.3 is 84.6 Å². The largest absolute Gasteiger partial charge is 0.479 e. The standard InChI is InChI=1S/C28H44N2O35S4/c1-5(31)29-9-18(16(64-68(49,50)51)7(57-25(9)42)3-55-66(43,44)45)59-28-15(37)13(35)20(22(63-28)24(40)41)61-26-10(30-6(2)32)19(60-27-14(36)11(33)12(34)21(62-27)23(38)39)17(65-69(52,53)54)8(58-26)4-56-67(46,47)48/h7-22,25-28,33-37,42H,3-4H2,1-2H3,(H,29,31)(H,30,32)(H,38,39)(H,40,41)(H,43,44,45)(H,46,47,48)(H,49,50,51)(H,52,53,54)/t7-,8-,9-,10-,11-,12-,13-,14+,15-,16+,17+,18-,19-,20+,21+,22+,25-,26+,27-,28-/m1/s1. The molecule has 4 aliphatic heterocycles. The summed E-state index contributed by atoms with van der Waals surface area (Å²) in [6.07, 6.45) is -46.0. The lowest BCUT2D eigenvalue weighted by molar-refractivity contribution is -0.366. The lowest BCUT2D eigenvalue weighted by atomic mass is 9.94. The molecule has 4 heterocycles. The Labute approximate surface area is 386 Å². The van der Waals surface area contributed by atoms with Gasteiger partial charge >= 0.3 is 53.5 Å². The van der Waals surface area contributed by atoms with Gasteiger partial charge in [-0.05, 0) is 0 Å². The van der Waals surface area contributed by atoms with Gasteiger partial charge in [-0.25, -0.2) is 26.3 Å². The number of aliphatic hydroxyl groups excluding tert-OH is 6.